The molecule has 1 fully saturated rings. The van der Waals surface area contributed by atoms with E-state index in [0.717, 1.165) is 44.5 Å². The molecule has 9 nitrogen and oxygen atoms in total. The molecular formula is C27H30F2N8O. The molecule has 4 aromatic rings. The maximum absolute atomic E-state index is 15.1. The summed E-state index contributed by atoms with van der Waals surface area (Å²) >= 11 is 0. The van der Waals surface area contributed by atoms with Crippen LogP contribution in [0.4, 0.5) is 20.5 Å². The Balaban J connectivity index is 1.26. The van der Waals surface area contributed by atoms with Gasteiger partial charge in [0.05, 0.1) is 31.0 Å². The van der Waals surface area contributed by atoms with Gasteiger partial charge in [0, 0.05) is 43.9 Å². The van der Waals surface area contributed by atoms with Crippen molar-refractivity contribution in [3.8, 4) is 11.3 Å². The van der Waals surface area contributed by atoms with Crippen LogP contribution in [-0.2, 0) is 17.7 Å². The van der Waals surface area contributed by atoms with Gasteiger partial charge < -0.3 is 19.5 Å². The minimum absolute atomic E-state index is 0.00746. The van der Waals surface area contributed by atoms with Gasteiger partial charge in [-0.2, -0.15) is 0 Å². The lowest BCUT2D eigenvalue weighted by Gasteiger charge is -2.29. The summed E-state index contributed by atoms with van der Waals surface area (Å²) in [7, 11) is 4.16. The number of aromatic nitrogens is 5. The van der Waals surface area contributed by atoms with Crippen LogP contribution in [0.3, 0.4) is 0 Å². The molecule has 3 aromatic heterocycles. The summed E-state index contributed by atoms with van der Waals surface area (Å²) in [6, 6.07) is 7.02. The van der Waals surface area contributed by atoms with Crippen molar-refractivity contribution in [2.45, 2.75) is 25.9 Å². The molecule has 2 aliphatic rings. The molecule has 198 valence electrons. The van der Waals surface area contributed by atoms with Crippen LogP contribution in [0.15, 0.2) is 30.5 Å². The first-order chi connectivity index (χ1) is 18.4. The molecule has 0 unspecified atom stereocenters. The minimum atomic E-state index is -0.639. The molecule has 0 bridgehead atoms. The summed E-state index contributed by atoms with van der Waals surface area (Å²) in [5.74, 6) is 0.302. The molecule has 0 spiro atoms. The highest BCUT2D eigenvalue weighted by molar-refractivity contribution is 5.83. The second kappa shape index (κ2) is 9.97. The minimum Gasteiger partial charge on any atom is -0.377 e. The number of anilines is 2. The second-order valence-corrected chi connectivity index (χ2v) is 10.2. The Bertz CT molecular complexity index is 1500. The lowest BCUT2D eigenvalue weighted by Crippen LogP contribution is -2.36. The van der Waals surface area contributed by atoms with E-state index in [1.165, 1.54) is 11.6 Å². The van der Waals surface area contributed by atoms with Crippen LogP contribution >= 0.6 is 0 Å². The Morgan fingerprint density at radius 1 is 1.11 bits per heavy atom. The lowest BCUT2D eigenvalue weighted by molar-refractivity contribution is -0.0224. The SMILES string of the molecule is Cc1nc2c(F)cc(-c3nc(Nc4ccc5c(n4)CCN(CCN(C)C)C5)ncc3F)cc2n1C1COC1. The van der Waals surface area contributed by atoms with Crippen LogP contribution in [-0.4, -0.2) is 81.2 Å². The van der Waals surface area contributed by atoms with Gasteiger partial charge in [0.15, 0.2) is 11.6 Å². The van der Waals surface area contributed by atoms with Crippen molar-refractivity contribution in [1.82, 2.24) is 34.3 Å². The molecule has 11 heteroatoms. The Labute approximate surface area is 219 Å². The van der Waals surface area contributed by atoms with Crippen molar-refractivity contribution in [1.29, 1.82) is 0 Å². The van der Waals surface area contributed by atoms with Gasteiger partial charge in [-0.15, -0.1) is 0 Å². The number of nitrogens with one attached hydrogen (secondary N) is 1. The van der Waals surface area contributed by atoms with E-state index < -0.39 is 11.6 Å². The van der Waals surface area contributed by atoms with E-state index in [4.69, 9.17) is 9.72 Å². The maximum atomic E-state index is 15.1. The predicted octanol–water partition coefficient (Wildman–Crippen LogP) is 3.71. The molecule has 38 heavy (non-hydrogen) atoms. The fraction of sp³-hybridized carbons (Fsp3) is 0.407. The second-order valence-electron chi connectivity index (χ2n) is 10.2. The number of hydrogen-bond acceptors (Lipinski definition) is 8. The first-order valence-electron chi connectivity index (χ1n) is 12.8. The van der Waals surface area contributed by atoms with Crippen LogP contribution in [0.25, 0.3) is 22.3 Å². The van der Waals surface area contributed by atoms with E-state index in [-0.39, 0.29) is 23.2 Å². The van der Waals surface area contributed by atoms with Crippen molar-refractivity contribution < 1.29 is 13.5 Å². The van der Waals surface area contributed by atoms with Crippen molar-refractivity contribution in [2.24, 2.45) is 0 Å². The fourth-order valence-electron chi connectivity index (χ4n) is 5.06. The van der Waals surface area contributed by atoms with Gasteiger partial charge in [0.1, 0.15) is 22.9 Å². The monoisotopic (exact) mass is 520 g/mol. The molecule has 1 aromatic carbocycles. The predicted molar refractivity (Wildman–Crippen MR) is 140 cm³/mol. The third-order valence-electron chi connectivity index (χ3n) is 7.16. The van der Waals surface area contributed by atoms with Gasteiger partial charge in [0.25, 0.3) is 0 Å². The Morgan fingerprint density at radius 2 is 1.95 bits per heavy atom. The van der Waals surface area contributed by atoms with E-state index in [0.29, 0.717) is 35.9 Å². The number of halogens is 2. The average molecular weight is 521 g/mol. The summed E-state index contributed by atoms with van der Waals surface area (Å²) in [6.07, 6.45) is 1.95. The molecule has 5 heterocycles. The summed E-state index contributed by atoms with van der Waals surface area (Å²) in [5, 5.41) is 3.10. The summed E-state index contributed by atoms with van der Waals surface area (Å²) < 4.78 is 37.2. The van der Waals surface area contributed by atoms with E-state index in [2.05, 4.69) is 50.2 Å². The third kappa shape index (κ3) is 4.72. The topological polar surface area (TPSA) is 84.2 Å². The molecule has 0 aliphatic carbocycles. The average Bonchev–Trinajstić information content (AvgIpc) is 3.19. The van der Waals surface area contributed by atoms with Gasteiger partial charge in [-0.05, 0) is 44.8 Å². The number of ether oxygens (including phenoxy) is 1. The number of likely N-dealkylation sites (N-methyl/N-ethyl adjacent to an activating group) is 1. The van der Waals surface area contributed by atoms with Crippen molar-refractivity contribution in [3.05, 3.63) is 59.2 Å². The van der Waals surface area contributed by atoms with Crippen molar-refractivity contribution in [3.63, 3.8) is 0 Å². The van der Waals surface area contributed by atoms with Gasteiger partial charge >= 0.3 is 0 Å². The van der Waals surface area contributed by atoms with Crippen LogP contribution in [0, 0.1) is 18.6 Å². The highest BCUT2D eigenvalue weighted by atomic mass is 19.1. The Hall–Kier alpha value is -3.54. The van der Waals surface area contributed by atoms with Gasteiger partial charge in [-0.3, -0.25) is 4.90 Å². The fourth-order valence-corrected chi connectivity index (χ4v) is 5.06. The summed E-state index contributed by atoms with van der Waals surface area (Å²) in [6.45, 7) is 6.75. The third-order valence-corrected chi connectivity index (χ3v) is 7.16. The number of fused-ring (bicyclic) bond motifs is 2. The first kappa shape index (κ1) is 24.8. The molecule has 6 rings (SSSR count). The van der Waals surface area contributed by atoms with Gasteiger partial charge in [-0.25, -0.2) is 28.7 Å². The Morgan fingerprint density at radius 3 is 2.71 bits per heavy atom. The van der Waals surface area contributed by atoms with Crippen LogP contribution < -0.4 is 5.32 Å². The standard InChI is InChI=1S/C27H30F2N8O/c1-16-31-26-20(28)10-18(11-23(26)37(16)19-14-38-15-19)25-21(29)12-30-27(34-25)33-24-5-4-17-13-36(9-8-35(2)3)7-6-22(17)32-24/h4-5,10-12,19H,6-9,13-15H2,1-3H3,(H,30,32,33,34). The molecule has 0 saturated carbocycles. The number of aryl methyl sites for hydroxylation is 1. The zero-order valence-corrected chi connectivity index (χ0v) is 21.7. The number of pyridine rings is 1. The molecule has 2 aliphatic heterocycles. The number of rotatable bonds is 7. The van der Waals surface area contributed by atoms with Crippen LogP contribution in [0.5, 0.6) is 0 Å². The molecule has 0 amide bonds. The smallest absolute Gasteiger partial charge is 0.229 e. The summed E-state index contributed by atoms with van der Waals surface area (Å²) in [5.41, 5.74) is 3.41. The van der Waals surface area contributed by atoms with Crippen molar-refractivity contribution in [2.75, 3.05) is 52.3 Å². The molecule has 0 atom stereocenters. The number of benzene rings is 1. The highest BCUT2D eigenvalue weighted by Gasteiger charge is 2.26. The molecule has 0 radical (unpaired) electrons. The molecular weight excluding hydrogens is 490 g/mol. The zero-order chi connectivity index (χ0) is 26.4. The lowest BCUT2D eigenvalue weighted by atomic mass is 10.1. The van der Waals surface area contributed by atoms with Crippen LogP contribution in [0.2, 0.25) is 0 Å². The van der Waals surface area contributed by atoms with Crippen LogP contribution in [0.1, 0.15) is 23.1 Å². The van der Waals surface area contributed by atoms with E-state index in [1.807, 2.05) is 17.6 Å². The zero-order valence-electron chi connectivity index (χ0n) is 21.7. The van der Waals surface area contributed by atoms with Gasteiger partial charge in [0.2, 0.25) is 5.95 Å². The van der Waals surface area contributed by atoms with E-state index >= 15 is 4.39 Å². The quantitative estimate of drug-likeness (QED) is 0.395. The number of imidazole rings is 1. The largest absolute Gasteiger partial charge is 0.377 e. The first-order valence-corrected chi connectivity index (χ1v) is 12.8. The molecule has 1 N–H and O–H groups in total. The molecule has 1 saturated heterocycles. The van der Waals surface area contributed by atoms with E-state index in [9.17, 15) is 4.39 Å². The normalized spacial score (nSPS) is 16.2. The Kier molecular flexibility index (Phi) is 6.50. The maximum Gasteiger partial charge on any atom is 0.229 e. The van der Waals surface area contributed by atoms with Gasteiger partial charge in [-0.1, -0.05) is 6.07 Å². The van der Waals surface area contributed by atoms with Crippen molar-refractivity contribution >= 4 is 22.8 Å². The number of nitrogens with zero attached hydrogens (tertiary/aromatic N) is 7. The van der Waals surface area contributed by atoms with E-state index in [1.54, 1.807) is 6.07 Å². The number of hydrogen-bond donors (Lipinski definition) is 1. The summed E-state index contributed by atoms with van der Waals surface area (Å²) in [4.78, 5) is 22.3. The highest BCUT2D eigenvalue weighted by Crippen LogP contribution is 2.32.